The molecule has 1 aromatic rings. The second-order valence-electron chi connectivity index (χ2n) is 3.80. The number of rotatable bonds is 7. The third-order valence-electron chi connectivity index (χ3n) is 2.19. The molecule has 0 atom stereocenters. The molecule has 6 heteroatoms. The fraction of sp³-hybridized carbons (Fsp3) is 0.333. The minimum atomic E-state index is -0.323. The van der Waals surface area contributed by atoms with Gasteiger partial charge in [-0.25, -0.2) is 0 Å². The van der Waals surface area contributed by atoms with Crippen LogP contribution in [0.1, 0.15) is 12.8 Å². The first-order valence-corrected chi connectivity index (χ1v) is 6.41. The molecule has 0 unspecified atom stereocenters. The number of hydrogen-bond acceptors (Lipinski definition) is 3. The van der Waals surface area contributed by atoms with Gasteiger partial charge < -0.3 is 16.4 Å². The third kappa shape index (κ3) is 6.36. The van der Waals surface area contributed by atoms with E-state index in [0.717, 1.165) is 10.2 Å². The van der Waals surface area contributed by atoms with E-state index < -0.39 is 0 Å². The van der Waals surface area contributed by atoms with E-state index in [9.17, 15) is 9.59 Å². The average molecular weight is 314 g/mol. The minimum absolute atomic E-state index is 0.114. The summed E-state index contributed by atoms with van der Waals surface area (Å²) in [5.41, 5.74) is 5.75. The summed E-state index contributed by atoms with van der Waals surface area (Å²) in [6.45, 7) is 0.811. The molecular weight excluding hydrogens is 298 g/mol. The van der Waals surface area contributed by atoms with Crippen LogP contribution in [-0.4, -0.2) is 24.9 Å². The van der Waals surface area contributed by atoms with Crippen molar-refractivity contribution in [2.75, 3.05) is 18.4 Å². The van der Waals surface area contributed by atoms with Crippen LogP contribution in [0.25, 0.3) is 0 Å². The largest absolute Gasteiger partial charge is 0.370 e. The Kier molecular flexibility index (Phi) is 6.38. The first-order chi connectivity index (χ1) is 8.58. The van der Waals surface area contributed by atoms with Crippen LogP contribution in [-0.2, 0) is 9.59 Å². The van der Waals surface area contributed by atoms with Gasteiger partial charge in [0.25, 0.3) is 0 Å². The summed E-state index contributed by atoms with van der Waals surface area (Å²) in [6.07, 6.45) is 0.974. The predicted octanol–water partition coefficient (Wildman–Crippen LogP) is 1.24. The van der Waals surface area contributed by atoms with Gasteiger partial charge in [0.1, 0.15) is 0 Å². The number of benzene rings is 1. The maximum atomic E-state index is 11.5. The van der Waals surface area contributed by atoms with E-state index >= 15 is 0 Å². The summed E-state index contributed by atoms with van der Waals surface area (Å²) in [5.74, 6) is -0.437. The van der Waals surface area contributed by atoms with Gasteiger partial charge in [0.15, 0.2) is 0 Å². The molecule has 0 aliphatic rings. The zero-order valence-electron chi connectivity index (χ0n) is 9.91. The second kappa shape index (κ2) is 7.84. The molecule has 1 aromatic carbocycles. The molecule has 0 saturated carbocycles. The monoisotopic (exact) mass is 313 g/mol. The molecule has 0 radical (unpaired) electrons. The lowest BCUT2D eigenvalue weighted by Gasteiger charge is -2.06. The topological polar surface area (TPSA) is 84.2 Å². The quantitative estimate of drug-likeness (QED) is 0.662. The van der Waals surface area contributed by atoms with Crippen LogP contribution in [0.4, 0.5) is 5.69 Å². The standard InChI is InChI=1S/C12H16BrN3O2/c13-9-3-5-10(6-4-9)16-12(18)8-15-7-1-2-11(14)17/h3-6,15H,1-2,7-8H2,(H2,14,17)(H,16,18). The number of halogens is 1. The lowest BCUT2D eigenvalue weighted by Crippen LogP contribution is -2.29. The molecule has 0 aliphatic carbocycles. The van der Waals surface area contributed by atoms with Crippen molar-refractivity contribution in [3.63, 3.8) is 0 Å². The van der Waals surface area contributed by atoms with Gasteiger partial charge in [0.05, 0.1) is 6.54 Å². The molecule has 0 bridgehead atoms. The van der Waals surface area contributed by atoms with E-state index in [0.29, 0.717) is 19.4 Å². The number of carbonyl (C=O) groups excluding carboxylic acids is 2. The maximum Gasteiger partial charge on any atom is 0.238 e. The first-order valence-electron chi connectivity index (χ1n) is 5.62. The van der Waals surface area contributed by atoms with Gasteiger partial charge in [0, 0.05) is 16.6 Å². The highest BCUT2D eigenvalue weighted by Gasteiger charge is 2.01. The average Bonchev–Trinajstić information content (AvgIpc) is 2.31. The van der Waals surface area contributed by atoms with E-state index in [-0.39, 0.29) is 18.4 Å². The molecule has 98 valence electrons. The Morgan fingerprint density at radius 2 is 1.89 bits per heavy atom. The number of anilines is 1. The molecule has 2 amide bonds. The normalized spacial score (nSPS) is 10.1. The number of nitrogens with one attached hydrogen (secondary N) is 2. The molecule has 0 heterocycles. The smallest absolute Gasteiger partial charge is 0.238 e. The lowest BCUT2D eigenvalue weighted by atomic mass is 10.3. The van der Waals surface area contributed by atoms with Crippen molar-refractivity contribution in [2.24, 2.45) is 5.73 Å². The van der Waals surface area contributed by atoms with Gasteiger partial charge in [-0.2, -0.15) is 0 Å². The van der Waals surface area contributed by atoms with Crippen molar-refractivity contribution in [2.45, 2.75) is 12.8 Å². The van der Waals surface area contributed by atoms with Gasteiger partial charge >= 0.3 is 0 Å². The molecule has 5 nitrogen and oxygen atoms in total. The van der Waals surface area contributed by atoms with Crippen molar-refractivity contribution in [1.82, 2.24) is 5.32 Å². The lowest BCUT2D eigenvalue weighted by molar-refractivity contribution is -0.118. The molecule has 1 rings (SSSR count). The summed E-state index contributed by atoms with van der Waals surface area (Å²) in [4.78, 5) is 22.0. The highest BCUT2D eigenvalue weighted by atomic mass is 79.9. The Bertz CT molecular complexity index is 406. The van der Waals surface area contributed by atoms with Gasteiger partial charge in [-0.15, -0.1) is 0 Å². The van der Waals surface area contributed by atoms with E-state index in [1.807, 2.05) is 24.3 Å². The van der Waals surface area contributed by atoms with Gasteiger partial charge in [0.2, 0.25) is 11.8 Å². The number of primary amides is 1. The molecule has 0 aliphatic heterocycles. The summed E-state index contributed by atoms with van der Waals surface area (Å²) in [7, 11) is 0. The zero-order chi connectivity index (χ0) is 13.4. The number of amides is 2. The Morgan fingerprint density at radius 3 is 2.50 bits per heavy atom. The van der Waals surface area contributed by atoms with Crippen LogP contribution in [0, 0.1) is 0 Å². The Morgan fingerprint density at radius 1 is 1.22 bits per heavy atom. The van der Waals surface area contributed by atoms with Crippen molar-refractivity contribution in [3.05, 3.63) is 28.7 Å². The van der Waals surface area contributed by atoms with E-state index in [1.54, 1.807) is 0 Å². The fourth-order valence-electron chi connectivity index (χ4n) is 1.33. The van der Waals surface area contributed by atoms with Crippen LogP contribution in [0.15, 0.2) is 28.7 Å². The molecular formula is C12H16BrN3O2. The Labute approximate surface area is 114 Å². The Balaban J connectivity index is 2.17. The zero-order valence-corrected chi connectivity index (χ0v) is 11.5. The van der Waals surface area contributed by atoms with Crippen LogP contribution in [0.2, 0.25) is 0 Å². The minimum Gasteiger partial charge on any atom is -0.370 e. The van der Waals surface area contributed by atoms with Crippen LogP contribution >= 0.6 is 15.9 Å². The SMILES string of the molecule is NC(=O)CCCNCC(=O)Nc1ccc(Br)cc1. The molecule has 0 aromatic heterocycles. The highest BCUT2D eigenvalue weighted by molar-refractivity contribution is 9.10. The number of carbonyl (C=O) groups is 2. The van der Waals surface area contributed by atoms with Crippen molar-refractivity contribution in [1.29, 1.82) is 0 Å². The summed E-state index contributed by atoms with van der Waals surface area (Å²) < 4.78 is 0.963. The second-order valence-corrected chi connectivity index (χ2v) is 4.72. The fourth-order valence-corrected chi connectivity index (χ4v) is 1.59. The summed E-state index contributed by atoms with van der Waals surface area (Å²) in [5, 5.41) is 5.70. The van der Waals surface area contributed by atoms with E-state index in [2.05, 4.69) is 26.6 Å². The summed E-state index contributed by atoms with van der Waals surface area (Å²) in [6, 6.07) is 7.34. The van der Waals surface area contributed by atoms with Crippen LogP contribution in [0.3, 0.4) is 0 Å². The molecule has 18 heavy (non-hydrogen) atoms. The first kappa shape index (κ1) is 14.7. The van der Waals surface area contributed by atoms with Crippen LogP contribution in [0.5, 0.6) is 0 Å². The number of nitrogens with two attached hydrogens (primary N) is 1. The summed E-state index contributed by atoms with van der Waals surface area (Å²) >= 11 is 3.32. The van der Waals surface area contributed by atoms with E-state index in [4.69, 9.17) is 5.73 Å². The highest BCUT2D eigenvalue weighted by Crippen LogP contribution is 2.13. The van der Waals surface area contributed by atoms with Crippen molar-refractivity contribution in [3.8, 4) is 0 Å². The van der Waals surface area contributed by atoms with Gasteiger partial charge in [-0.3, -0.25) is 9.59 Å². The predicted molar refractivity (Wildman–Crippen MR) is 74.1 cm³/mol. The van der Waals surface area contributed by atoms with Crippen molar-refractivity contribution < 1.29 is 9.59 Å². The van der Waals surface area contributed by atoms with Gasteiger partial charge in [-0.1, -0.05) is 15.9 Å². The van der Waals surface area contributed by atoms with E-state index in [1.165, 1.54) is 0 Å². The third-order valence-corrected chi connectivity index (χ3v) is 2.72. The maximum absolute atomic E-state index is 11.5. The van der Waals surface area contributed by atoms with Crippen LogP contribution < -0.4 is 16.4 Å². The Hall–Kier alpha value is -1.40. The van der Waals surface area contributed by atoms with Crippen molar-refractivity contribution >= 4 is 33.4 Å². The molecule has 0 saturated heterocycles. The molecule has 0 fully saturated rings. The number of hydrogen-bond donors (Lipinski definition) is 3. The molecule has 4 N–H and O–H groups in total. The molecule has 0 spiro atoms. The van der Waals surface area contributed by atoms with Gasteiger partial charge in [-0.05, 0) is 37.2 Å².